The minimum atomic E-state index is -0.715. The molecule has 8 nitrogen and oxygen atoms in total. The fraction of sp³-hybridized carbons (Fsp3) is 0.368. The van der Waals surface area contributed by atoms with Crippen molar-refractivity contribution in [2.75, 3.05) is 29.9 Å². The molecule has 140 valence electrons. The van der Waals surface area contributed by atoms with Crippen LogP contribution in [-0.4, -0.2) is 53.5 Å². The minimum absolute atomic E-state index is 0.185. The second kappa shape index (κ2) is 6.96. The predicted molar refractivity (Wildman–Crippen MR) is 102 cm³/mol. The third-order valence-corrected chi connectivity index (χ3v) is 5.14. The van der Waals surface area contributed by atoms with Crippen molar-refractivity contribution in [1.82, 2.24) is 14.9 Å². The number of fused-ring (bicyclic) bond motifs is 1. The second-order valence-corrected chi connectivity index (χ2v) is 6.81. The zero-order valence-electron chi connectivity index (χ0n) is 15.2. The summed E-state index contributed by atoms with van der Waals surface area (Å²) >= 11 is 0. The Morgan fingerprint density at radius 2 is 2.11 bits per heavy atom. The number of urea groups is 1. The van der Waals surface area contributed by atoms with Gasteiger partial charge < -0.3 is 15.5 Å². The largest absolute Gasteiger partial charge is 0.344 e. The summed E-state index contributed by atoms with van der Waals surface area (Å²) < 4.78 is 0. The van der Waals surface area contributed by atoms with E-state index in [0.29, 0.717) is 37.0 Å². The molecular weight excluding hydrogens is 344 g/mol. The molecule has 1 fully saturated rings. The van der Waals surface area contributed by atoms with Crippen molar-refractivity contribution < 1.29 is 9.59 Å². The lowest BCUT2D eigenvalue weighted by molar-refractivity contribution is -0.108. The molecule has 2 aliphatic rings. The van der Waals surface area contributed by atoms with Crippen LogP contribution >= 0.6 is 0 Å². The predicted octanol–water partition coefficient (Wildman–Crippen LogP) is 1.60. The van der Waals surface area contributed by atoms with Gasteiger partial charge in [-0.15, -0.1) is 0 Å². The van der Waals surface area contributed by atoms with E-state index in [0.717, 1.165) is 30.3 Å². The molecule has 0 bridgehead atoms. The van der Waals surface area contributed by atoms with Gasteiger partial charge in [-0.1, -0.05) is 18.2 Å². The van der Waals surface area contributed by atoms with Gasteiger partial charge in [-0.2, -0.15) is 0 Å². The van der Waals surface area contributed by atoms with Crippen LogP contribution in [0.1, 0.15) is 18.4 Å². The molecule has 1 atom stereocenters. The first-order valence-electron chi connectivity index (χ1n) is 9.06. The first kappa shape index (κ1) is 17.4. The summed E-state index contributed by atoms with van der Waals surface area (Å²) in [6, 6.07) is 7.50. The Balaban J connectivity index is 1.76. The van der Waals surface area contributed by atoms with Crippen LogP contribution in [0.15, 0.2) is 30.5 Å². The highest BCUT2D eigenvalue weighted by molar-refractivity contribution is 6.02. The molecule has 1 aromatic heterocycles. The summed E-state index contributed by atoms with van der Waals surface area (Å²) in [5, 5.41) is 0. The molecule has 1 aromatic carbocycles. The number of carbonyl (C=O) groups is 2. The van der Waals surface area contributed by atoms with E-state index in [1.807, 2.05) is 24.3 Å². The topological polar surface area (TPSA) is 95.7 Å². The average Bonchev–Trinajstić information content (AvgIpc) is 3.34. The van der Waals surface area contributed by atoms with Crippen LogP contribution in [-0.2, 0) is 11.3 Å². The van der Waals surface area contributed by atoms with Crippen LogP contribution in [0, 0.1) is 0 Å². The van der Waals surface area contributed by atoms with Crippen LogP contribution in [0.2, 0.25) is 0 Å². The van der Waals surface area contributed by atoms with Gasteiger partial charge in [0, 0.05) is 32.2 Å². The van der Waals surface area contributed by atoms with E-state index < -0.39 is 6.17 Å². The van der Waals surface area contributed by atoms with E-state index >= 15 is 0 Å². The SMILES string of the molecule is CN1c2cnc(-c3cccc(CN)c3)nc2N(C(=O)N2CCCC2)C1C=O. The number of hydrogen-bond donors (Lipinski definition) is 1. The maximum Gasteiger partial charge on any atom is 0.327 e. The fourth-order valence-corrected chi connectivity index (χ4v) is 3.63. The van der Waals surface area contributed by atoms with Crippen molar-refractivity contribution in [1.29, 1.82) is 0 Å². The van der Waals surface area contributed by atoms with Crippen molar-refractivity contribution in [3.8, 4) is 11.4 Å². The molecule has 2 aromatic rings. The third kappa shape index (κ3) is 2.91. The Hall–Kier alpha value is -3.00. The standard InChI is InChI=1S/C19H22N6O2/c1-23-15-11-21-17(14-6-4-5-13(9-14)10-20)22-18(15)25(16(23)12-26)19(27)24-7-2-3-8-24/h4-6,9,11-12,16H,2-3,7-8,10,20H2,1H3. The number of carbonyl (C=O) groups excluding carboxylic acids is 2. The number of hydrogen-bond acceptors (Lipinski definition) is 6. The van der Waals surface area contributed by atoms with E-state index in [4.69, 9.17) is 5.73 Å². The Morgan fingerprint density at radius 1 is 1.33 bits per heavy atom. The molecule has 0 aliphatic carbocycles. The molecular formula is C19H22N6O2. The maximum absolute atomic E-state index is 13.1. The van der Waals surface area contributed by atoms with Gasteiger partial charge in [-0.3, -0.25) is 4.79 Å². The number of rotatable bonds is 3. The fourth-order valence-electron chi connectivity index (χ4n) is 3.63. The number of aldehydes is 1. The van der Waals surface area contributed by atoms with Crippen molar-refractivity contribution in [2.24, 2.45) is 5.73 Å². The Morgan fingerprint density at radius 3 is 2.81 bits per heavy atom. The lowest BCUT2D eigenvalue weighted by Crippen LogP contribution is -2.51. The van der Waals surface area contributed by atoms with Crippen molar-refractivity contribution in [3.05, 3.63) is 36.0 Å². The molecule has 27 heavy (non-hydrogen) atoms. The summed E-state index contributed by atoms with van der Waals surface area (Å²) in [7, 11) is 1.77. The van der Waals surface area contributed by atoms with Crippen molar-refractivity contribution >= 4 is 23.8 Å². The van der Waals surface area contributed by atoms with Gasteiger partial charge in [0.05, 0.1) is 6.20 Å². The van der Waals surface area contributed by atoms with E-state index in [1.165, 1.54) is 4.90 Å². The summed E-state index contributed by atoms with van der Waals surface area (Å²) in [5.41, 5.74) is 8.20. The number of aromatic nitrogens is 2. The molecule has 1 saturated heterocycles. The molecule has 2 N–H and O–H groups in total. The Labute approximate surface area is 157 Å². The summed E-state index contributed by atoms with van der Waals surface area (Å²) in [6.45, 7) is 1.83. The number of benzene rings is 1. The first-order valence-corrected chi connectivity index (χ1v) is 9.06. The monoisotopic (exact) mass is 366 g/mol. The van der Waals surface area contributed by atoms with Crippen molar-refractivity contribution in [3.63, 3.8) is 0 Å². The lowest BCUT2D eigenvalue weighted by atomic mass is 10.1. The number of amides is 2. The summed E-state index contributed by atoms with van der Waals surface area (Å²) in [5.74, 6) is 0.970. The molecule has 1 unspecified atom stereocenters. The molecule has 4 rings (SSSR count). The number of likely N-dealkylation sites (N-methyl/N-ethyl adjacent to an activating group) is 1. The number of likely N-dealkylation sites (tertiary alicyclic amines) is 1. The normalized spacial score (nSPS) is 18.7. The molecule has 0 radical (unpaired) electrons. The quantitative estimate of drug-likeness (QED) is 0.829. The first-order chi connectivity index (χ1) is 13.1. The molecule has 2 aliphatic heterocycles. The highest BCUT2D eigenvalue weighted by Crippen LogP contribution is 2.38. The van der Waals surface area contributed by atoms with Crippen LogP contribution in [0.4, 0.5) is 16.3 Å². The molecule has 3 heterocycles. The molecule has 0 spiro atoms. The van der Waals surface area contributed by atoms with Crippen LogP contribution in [0.5, 0.6) is 0 Å². The Kier molecular flexibility index (Phi) is 4.49. The zero-order valence-corrected chi connectivity index (χ0v) is 15.2. The van der Waals surface area contributed by atoms with Crippen LogP contribution < -0.4 is 15.5 Å². The lowest BCUT2D eigenvalue weighted by Gasteiger charge is -2.28. The smallest absolute Gasteiger partial charge is 0.327 e. The van der Waals surface area contributed by atoms with Gasteiger partial charge in [0.1, 0.15) is 5.69 Å². The average molecular weight is 366 g/mol. The van der Waals surface area contributed by atoms with Gasteiger partial charge in [-0.25, -0.2) is 19.7 Å². The van der Waals surface area contributed by atoms with Crippen LogP contribution in [0.25, 0.3) is 11.4 Å². The van der Waals surface area contributed by atoms with Gasteiger partial charge >= 0.3 is 6.03 Å². The molecule has 8 heteroatoms. The third-order valence-electron chi connectivity index (χ3n) is 5.14. The van der Waals surface area contributed by atoms with E-state index in [1.54, 1.807) is 23.0 Å². The van der Waals surface area contributed by atoms with Gasteiger partial charge in [0.2, 0.25) is 0 Å². The summed E-state index contributed by atoms with van der Waals surface area (Å²) in [4.78, 5) is 38.9. The highest BCUT2D eigenvalue weighted by atomic mass is 16.2. The van der Waals surface area contributed by atoms with E-state index in [2.05, 4.69) is 9.97 Å². The van der Waals surface area contributed by atoms with Crippen LogP contribution in [0.3, 0.4) is 0 Å². The maximum atomic E-state index is 13.1. The van der Waals surface area contributed by atoms with Gasteiger partial charge in [-0.05, 0) is 24.5 Å². The Bertz CT molecular complexity index is 880. The van der Waals surface area contributed by atoms with Crippen molar-refractivity contribution in [2.45, 2.75) is 25.6 Å². The molecule has 2 amide bonds. The second-order valence-electron chi connectivity index (χ2n) is 6.81. The van der Waals surface area contributed by atoms with E-state index in [9.17, 15) is 9.59 Å². The number of anilines is 2. The summed E-state index contributed by atoms with van der Waals surface area (Å²) in [6.07, 6.45) is 3.68. The van der Waals surface area contributed by atoms with E-state index in [-0.39, 0.29) is 6.03 Å². The number of nitrogens with zero attached hydrogens (tertiary/aromatic N) is 5. The number of nitrogens with two attached hydrogens (primary N) is 1. The zero-order chi connectivity index (χ0) is 19.0. The van der Waals surface area contributed by atoms with Gasteiger partial charge in [0.25, 0.3) is 0 Å². The highest BCUT2D eigenvalue weighted by Gasteiger charge is 2.41. The minimum Gasteiger partial charge on any atom is -0.344 e. The van der Waals surface area contributed by atoms with Gasteiger partial charge in [0.15, 0.2) is 24.1 Å². The molecule has 0 saturated carbocycles.